The molecule has 26 heavy (non-hydrogen) atoms. The molecule has 1 aromatic carbocycles. The van der Waals surface area contributed by atoms with Crippen molar-refractivity contribution in [1.29, 1.82) is 5.39 Å². The second-order valence-corrected chi connectivity index (χ2v) is 7.18. The second kappa shape index (κ2) is 13.4. The number of rotatable bonds is 14. The van der Waals surface area contributed by atoms with Gasteiger partial charge in [-0.15, -0.1) is 0 Å². The Morgan fingerprint density at radius 3 is 1.96 bits per heavy atom. The van der Waals surface area contributed by atoms with Gasteiger partial charge < -0.3 is 9.47 Å². The van der Waals surface area contributed by atoms with Crippen LogP contribution in [0.5, 0.6) is 11.5 Å². The predicted molar refractivity (Wildman–Crippen MR) is 109 cm³/mol. The topological polar surface area (TPSA) is 46.6 Å². The first kappa shape index (κ1) is 22.3. The van der Waals surface area contributed by atoms with Crippen LogP contribution in [-0.2, 0) is 0 Å². The van der Waals surface area contributed by atoms with Crippen LogP contribution in [0.1, 0.15) is 79.1 Å². The Morgan fingerprint density at radius 2 is 1.46 bits per heavy atom. The molecule has 0 heterocycles. The van der Waals surface area contributed by atoms with E-state index in [0.717, 1.165) is 25.2 Å². The van der Waals surface area contributed by atoms with Gasteiger partial charge in [0.1, 0.15) is 5.75 Å². The summed E-state index contributed by atoms with van der Waals surface area (Å²) in [7, 11) is 0. The minimum Gasteiger partial charge on any atom is -0.493 e. The fourth-order valence-corrected chi connectivity index (χ4v) is 3.00. The zero-order valence-corrected chi connectivity index (χ0v) is 17.2. The van der Waals surface area contributed by atoms with Crippen LogP contribution in [0.2, 0.25) is 0 Å². The Kier molecular flexibility index (Phi) is 11.5. The molecule has 1 rings (SSSR count). The minimum atomic E-state index is 0.459. The highest BCUT2D eigenvalue weighted by atomic mass is 16.5. The number of diazo groups is 1. The summed E-state index contributed by atoms with van der Waals surface area (Å²) in [5, 5.41) is 9.23. The molecule has 0 aliphatic heterocycles. The summed E-state index contributed by atoms with van der Waals surface area (Å²) < 4.78 is 12.0. The smallest absolute Gasteiger partial charge is 0.426 e. The standard InChI is InChI=1S/C22H37N2O2/c1-5-9-11-18(7-3)16-25-20-13-14-21(24-23)22(15-20)26-17-19(8-4)12-10-6-2/h13-15,18-19H,5-12,16-17H2,1-4H3/q+1. The minimum absolute atomic E-state index is 0.459. The van der Waals surface area contributed by atoms with E-state index in [-0.39, 0.29) is 0 Å². The van der Waals surface area contributed by atoms with Gasteiger partial charge in [0.2, 0.25) is 11.1 Å². The maximum atomic E-state index is 9.23. The van der Waals surface area contributed by atoms with Gasteiger partial charge in [-0.2, -0.15) is 0 Å². The number of ether oxygens (including phenoxy) is 2. The molecule has 0 radical (unpaired) electrons. The Labute approximate surface area is 159 Å². The van der Waals surface area contributed by atoms with E-state index >= 15 is 0 Å². The van der Waals surface area contributed by atoms with Gasteiger partial charge in [0.25, 0.3) is 0 Å². The summed E-state index contributed by atoms with van der Waals surface area (Å²) in [6, 6.07) is 5.46. The number of benzene rings is 1. The molecule has 0 N–H and O–H groups in total. The van der Waals surface area contributed by atoms with Crippen LogP contribution < -0.4 is 9.47 Å². The van der Waals surface area contributed by atoms with E-state index in [9.17, 15) is 5.39 Å². The van der Waals surface area contributed by atoms with Crippen molar-refractivity contribution in [3.8, 4) is 11.5 Å². The fourth-order valence-electron chi connectivity index (χ4n) is 3.00. The number of hydrogen-bond donors (Lipinski definition) is 0. The molecule has 0 amide bonds. The summed E-state index contributed by atoms with van der Waals surface area (Å²) in [6.07, 6.45) is 9.49. The molecule has 0 aromatic heterocycles. The molecule has 4 nitrogen and oxygen atoms in total. The first-order valence-corrected chi connectivity index (χ1v) is 10.4. The summed E-state index contributed by atoms with van der Waals surface area (Å²) >= 11 is 0. The van der Waals surface area contributed by atoms with Crippen LogP contribution in [0.25, 0.3) is 4.98 Å². The summed E-state index contributed by atoms with van der Waals surface area (Å²) in [5.74, 6) is 2.50. The van der Waals surface area contributed by atoms with E-state index in [1.54, 1.807) is 6.07 Å². The Balaban J connectivity index is 2.67. The number of unbranched alkanes of at least 4 members (excludes halogenated alkanes) is 2. The maximum absolute atomic E-state index is 9.23. The van der Waals surface area contributed by atoms with Gasteiger partial charge in [-0.3, -0.25) is 0 Å². The van der Waals surface area contributed by atoms with Crippen molar-refractivity contribution < 1.29 is 9.47 Å². The summed E-state index contributed by atoms with van der Waals surface area (Å²) in [4.78, 5) is 3.35. The van der Waals surface area contributed by atoms with Crippen molar-refractivity contribution in [2.45, 2.75) is 79.1 Å². The van der Waals surface area contributed by atoms with Crippen molar-refractivity contribution in [1.82, 2.24) is 0 Å². The van der Waals surface area contributed by atoms with Crippen molar-refractivity contribution >= 4 is 5.69 Å². The molecular formula is C22H37N2O2+. The van der Waals surface area contributed by atoms with E-state index in [2.05, 4.69) is 32.7 Å². The van der Waals surface area contributed by atoms with Crippen LogP contribution >= 0.6 is 0 Å². The van der Waals surface area contributed by atoms with Gasteiger partial charge in [0, 0.05) is 12.1 Å². The highest BCUT2D eigenvalue weighted by Crippen LogP contribution is 2.33. The molecular weight excluding hydrogens is 324 g/mol. The van der Waals surface area contributed by atoms with E-state index in [0.29, 0.717) is 29.9 Å². The lowest BCUT2D eigenvalue weighted by molar-refractivity contribution is 0.224. The molecule has 0 fully saturated rings. The highest BCUT2D eigenvalue weighted by Gasteiger charge is 2.18. The molecule has 0 saturated carbocycles. The van der Waals surface area contributed by atoms with Gasteiger partial charge in [0.15, 0.2) is 4.98 Å². The molecule has 2 unspecified atom stereocenters. The third-order valence-corrected chi connectivity index (χ3v) is 5.09. The van der Waals surface area contributed by atoms with Gasteiger partial charge in [0.05, 0.1) is 13.2 Å². The summed E-state index contributed by atoms with van der Waals surface area (Å²) in [6.45, 7) is 10.2. The largest absolute Gasteiger partial charge is 0.493 e. The van der Waals surface area contributed by atoms with Crippen molar-refractivity contribution in [3.05, 3.63) is 23.2 Å². The first-order chi connectivity index (χ1) is 12.7. The molecule has 1 aromatic rings. The fraction of sp³-hybridized carbons (Fsp3) is 0.727. The normalized spacial score (nSPS) is 13.0. The van der Waals surface area contributed by atoms with Crippen molar-refractivity contribution in [2.75, 3.05) is 13.2 Å². The Morgan fingerprint density at radius 1 is 0.885 bits per heavy atom. The molecule has 0 saturated heterocycles. The Hall–Kier alpha value is -1.76. The van der Waals surface area contributed by atoms with Gasteiger partial charge in [-0.25, -0.2) is 0 Å². The van der Waals surface area contributed by atoms with Gasteiger partial charge >= 0.3 is 5.69 Å². The Bertz CT molecular complexity index is 539. The highest BCUT2D eigenvalue weighted by molar-refractivity contribution is 5.59. The number of nitrogens with zero attached hydrogens (tertiary/aromatic N) is 2. The zero-order chi connectivity index (χ0) is 19.2. The van der Waals surface area contributed by atoms with E-state index < -0.39 is 0 Å². The van der Waals surface area contributed by atoms with Crippen LogP contribution in [0.3, 0.4) is 0 Å². The van der Waals surface area contributed by atoms with Gasteiger partial charge in [-0.1, -0.05) is 66.2 Å². The molecule has 4 heteroatoms. The number of hydrogen-bond acceptors (Lipinski definition) is 3. The van der Waals surface area contributed by atoms with Crippen LogP contribution in [0.15, 0.2) is 18.2 Å². The van der Waals surface area contributed by atoms with Crippen LogP contribution in [0, 0.1) is 17.2 Å². The van der Waals surface area contributed by atoms with Crippen LogP contribution in [-0.4, -0.2) is 13.2 Å². The SMILES string of the molecule is CCCCC(CC)COc1ccc([N+]#N)c(OCC(CC)CCCC)c1. The van der Waals surface area contributed by atoms with E-state index in [4.69, 9.17) is 9.47 Å². The lowest BCUT2D eigenvalue weighted by atomic mass is 10.0. The van der Waals surface area contributed by atoms with E-state index in [1.165, 1.54) is 38.5 Å². The summed E-state index contributed by atoms with van der Waals surface area (Å²) in [5.41, 5.74) is 0.459. The lowest BCUT2D eigenvalue weighted by Crippen LogP contribution is -2.12. The quantitative estimate of drug-likeness (QED) is 0.325. The third kappa shape index (κ3) is 8.08. The van der Waals surface area contributed by atoms with Crippen molar-refractivity contribution in [2.24, 2.45) is 11.8 Å². The molecule has 2 atom stereocenters. The molecule has 0 aliphatic carbocycles. The molecule has 0 aliphatic rings. The third-order valence-electron chi connectivity index (χ3n) is 5.09. The molecule has 0 spiro atoms. The second-order valence-electron chi connectivity index (χ2n) is 7.18. The van der Waals surface area contributed by atoms with Crippen molar-refractivity contribution in [3.63, 3.8) is 0 Å². The average molecular weight is 362 g/mol. The van der Waals surface area contributed by atoms with Gasteiger partial charge in [-0.05, 0) is 30.7 Å². The van der Waals surface area contributed by atoms with Crippen LogP contribution in [0.4, 0.5) is 5.69 Å². The monoisotopic (exact) mass is 361 g/mol. The predicted octanol–water partition coefficient (Wildman–Crippen LogP) is 7.36. The van der Waals surface area contributed by atoms with E-state index in [1.807, 2.05) is 12.1 Å². The lowest BCUT2D eigenvalue weighted by Gasteiger charge is -2.17. The zero-order valence-electron chi connectivity index (χ0n) is 17.2. The molecule has 0 bridgehead atoms. The first-order valence-electron chi connectivity index (χ1n) is 10.4. The maximum Gasteiger partial charge on any atom is 0.426 e. The average Bonchev–Trinajstić information content (AvgIpc) is 2.68. The molecule has 146 valence electrons.